The molecule has 2 aromatic rings. The van der Waals surface area contributed by atoms with E-state index in [1.807, 2.05) is 0 Å². The van der Waals surface area contributed by atoms with Crippen LogP contribution in [0.15, 0.2) is 18.2 Å². The van der Waals surface area contributed by atoms with Crippen LogP contribution in [0.4, 0.5) is 13.6 Å². The second kappa shape index (κ2) is 7.84. The summed E-state index contributed by atoms with van der Waals surface area (Å²) in [6, 6.07) is 4.37. The van der Waals surface area contributed by atoms with Gasteiger partial charge in [-0.05, 0) is 30.7 Å². The van der Waals surface area contributed by atoms with Crippen molar-refractivity contribution >= 4 is 22.8 Å². The number of benzene rings is 1. The number of aromatic amines is 1. The summed E-state index contributed by atoms with van der Waals surface area (Å²) >= 11 is 0. The number of nitrogens with zero attached hydrogens (tertiary/aromatic N) is 2. The van der Waals surface area contributed by atoms with Crippen molar-refractivity contribution in [1.29, 1.82) is 0 Å². The summed E-state index contributed by atoms with van der Waals surface area (Å²) in [5.41, 5.74) is 1.40. The fourth-order valence-electron chi connectivity index (χ4n) is 4.25. The molecule has 1 atom stereocenters. The molecule has 0 unspecified atom stereocenters. The van der Waals surface area contributed by atoms with Gasteiger partial charge in [0.15, 0.2) is 0 Å². The Hall–Kier alpha value is -2.72. The molecule has 3 amide bonds. The SMILES string of the molecule is COCCNCCN1C(=O)N2Cc3[nH]c4ccc(OC(F)F)cc4c3C[C@@]2(C)C1=O. The van der Waals surface area contributed by atoms with E-state index in [2.05, 4.69) is 15.0 Å². The first-order valence-electron chi connectivity index (χ1n) is 9.76. The van der Waals surface area contributed by atoms with E-state index in [4.69, 9.17) is 4.74 Å². The number of alkyl halides is 2. The summed E-state index contributed by atoms with van der Waals surface area (Å²) in [7, 11) is 1.61. The highest BCUT2D eigenvalue weighted by Crippen LogP contribution is 2.41. The van der Waals surface area contributed by atoms with Crippen LogP contribution in [0, 0.1) is 0 Å². The minimum Gasteiger partial charge on any atom is -0.435 e. The van der Waals surface area contributed by atoms with Gasteiger partial charge in [-0.15, -0.1) is 0 Å². The van der Waals surface area contributed by atoms with Gasteiger partial charge < -0.3 is 24.7 Å². The highest BCUT2D eigenvalue weighted by molar-refractivity contribution is 6.07. The number of carbonyl (C=O) groups is 2. The number of hydrogen-bond acceptors (Lipinski definition) is 5. The van der Waals surface area contributed by atoms with E-state index < -0.39 is 12.2 Å². The van der Waals surface area contributed by atoms with E-state index in [1.54, 1.807) is 31.1 Å². The van der Waals surface area contributed by atoms with Crippen LogP contribution in [-0.4, -0.2) is 72.2 Å². The first kappa shape index (κ1) is 20.5. The molecular weight excluding hydrogens is 398 g/mol. The van der Waals surface area contributed by atoms with Gasteiger partial charge in [0.05, 0.1) is 13.2 Å². The Labute approximate surface area is 172 Å². The predicted octanol–water partition coefficient (Wildman–Crippen LogP) is 2.08. The second-order valence-corrected chi connectivity index (χ2v) is 7.69. The molecule has 2 aliphatic rings. The van der Waals surface area contributed by atoms with Crippen molar-refractivity contribution in [3.63, 3.8) is 0 Å². The van der Waals surface area contributed by atoms with Crippen molar-refractivity contribution in [2.45, 2.75) is 32.0 Å². The molecule has 3 heterocycles. The van der Waals surface area contributed by atoms with Crippen molar-refractivity contribution < 1.29 is 27.8 Å². The van der Waals surface area contributed by atoms with Gasteiger partial charge in [0.25, 0.3) is 5.91 Å². The van der Waals surface area contributed by atoms with Crippen LogP contribution in [0.2, 0.25) is 0 Å². The van der Waals surface area contributed by atoms with Crippen molar-refractivity contribution in [2.24, 2.45) is 0 Å². The third-order valence-electron chi connectivity index (χ3n) is 5.79. The Morgan fingerprint density at radius 1 is 1.30 bits per heavy atom. The molecule has 2 N–H and O–H groups in total. The van der Waals surface area contributed by atoms with Crippen LogP contribution >= 0.6 is 0 Å². The normalized spacial score (nSPS) is 21.0. The van der Waals surface area contributed by atoms with Crippen LogP contribution in [0.5, 0.6) is 5.75 Å². The van der Waals surface area contributed by atoms with Crippen LogP contribution in [0.3, 0.4) is 0 Å². The van der Waals surface area contributed by atoms with Crippen LogP contribution in [0.25, 0.3) is 10.9 Å². The number of methoxy groups -OCH3 is 1. The summed E-state index contributed by atoms with van der Waals surface area (Å²) in [6.45, 7) is 1.03. The Bertz CT molecular complexity index is 979. The molecule has 0 aliphatic carbocycles. The lowest BCUT2D eigenvalue weighted by atomic mass is 9.86. The molecule has 1 aromatic carbocycles. The van der Waals surface area contributed by atoms with Gasteiger partial charge in [0.1, 0.15) is 11.3 Å². The quantitative estimate of drug-likeness (QED) is 0.503. The van der Waals surface area contributed by atoms with Gasteiger partial charge in [-0.25, -0.2) is 4.79 Å². The predicted molar refractivity (Wildman–Crippen MR) is 104 cm³/mol. The summed E-state index contributed by atoms with van der Waals surface area (Å²) in [5, 5.41) is 3.86. The standard InChI is InChI=1S/C20H24F2N4O4/c1-20-10-14-13-9-12(30-18(21)22)3-4-15(13)24-16(14)11-26(20)19(28)25(17(20)27)7-5-23-6-8-29-2/h3-4,9,18,23-24H,5-8,10-11H2,1-2H3/t20-/m0/s1. The van der Waals surface area contributed by atoms with Gasteiger partial charge in [0, 0.05) is 49.8 Å². The fraction of sp³-hybridized carbons (Fsp3) is 0.500. The number of halogens is 2. The van der Waals surface area contributed by atoms with E-state index in [9.17, 15) is 18.4 Å². The van der Waals surface area contributed by atoms with E-state index in [-0.39, 0.29) is 30.8 Å². The number of ether oxygens (including phenoxy) is 2. The average Bonchev–Trinajstić information content (AvgIpc) is 3.13. The molecule has 0 spiro atoms. The number of imide groups is 1. The van der Waals surface area contributed by atoms with Crippen molar-refractivity contribution in [1.82, 2.24) is 20.1 Å². The molecule has 0 radical (unpaired) electrons. The van der Waals surface area contributed by atoms with Gasteiger partial charge in [-0.3, -0.25) is 9.69 Å². The number of fused-ring (bicyclic) bond motifs is 4. The number of H-pyrrole nitrogens is 1. The number of carbonyl (C=O) groups excluding carboxylic acids is 2. The van der Waals surface area contributed by atoms with Crippen LogP contribution in [0.1, 0.15) is 18.2 Å². The Morgan fingerprint density at radius 3 is 2.83 bits per heavy atom. The molecule has 4 rings (SSSR count). The van der Waals surface area contributed by atoms with Crippen molar-refractivity contribution in [3.05, 3.63) is 29.5 Å². The third-order valence-corrected chi connectivity index (χ3v) is 5.79. The van der Waals surface area contributed by atoms with Gasteiger partial charge >= 0.3 is 12.6 Å². The first-order chi connectivity index (χ1) is 14.3. The molecule has 162 valence electrons. The molecule has 8 nitrogen and oxygen atoms in total. The Morgan fingerprint density at radius 2 is 2.10 bits per heavy atom. The minimum atomic E-state index is -2.91. The number of urea groups is 1. The van der Waals surface area contributed by atoms with Crippen molar-refractivity contribution in [2.75, 3.05) is 33.4 Å². The molecule has 10 heteroatoms. The van der Waals surface area contributed by atoms with E-state index in [0.29, 0.717) is 26.1 Å². The van der Waals surface area contributed by atoms with E-state index in [1.165, 1.54) is 11.0 Å². The lowest BCUT2D eigenvalue weighted by Crippen LogP contribution is -2.51. The molecule has 1 saturated heterocycles. The van der Waals surface area contributed by atoms with E-state index >= 15 is 0 Å². The molecule has 0 bridgehead atoms. The lowest BCUT2D eigenvalue weighted by molar-refractivity contribution is -0.132. The summed E-state index contributed by atoms with van der Waals surface area (Å²) in [6.07, 6.45) is 0.304. The highest BCUT2D eigenvalue weighted by Gasteiger charge is 2.56. The highest BCUT2D eigenvalue weighted by atomic mass is 19.3. The summed E-state index contributed by atoms with van der Waals surface area (Å²) < 4.78 is 34.7. The smallest absolute Gasteiger partial charge is 0.387 e. The molecule has 1 fully saturated rings. The zero-order valence-corrected chi connectivity index (χ0v) is 16.8. The minimum absolute atomic E-state index is 0.0597. The number of rotatable bonds is 8. The number of nitrogens with one attached hydrogen (secondary N) is 2. The Balaban J connectivity index is 1.57. The maximum absolute atomic E-state index is 13.1. The fourth-order valence-corrected chi connectivity index (χ4v) is 4.25. The first-order valence-corrected chi connectivity index (χ1v) is 9.76. The Kier molecular flexibility index (Phi) is 5.37. The molecule has 1 aromatic heterocycles. The third kappa shape index (κ3) is 3.39. The topological polar surface area (TPSA) is 86.9 Å². The summed E-state index contributed by atoms with van der Waals surface area (Å²) in [4.78, 5) is 32.2. The monoisotopic (exact) mass is 422 g/mol. The maximum atomic E-state index is 13.1. The summed E-state index contributed by atoms with van der Waals surface area (Å²) in [5.74, 6) is -0.189. The number of aromatic nitrogens is 1. The lowest BCUT2D eigenvalue weighted by Gasteiger charge is -2.35. The number of hydrogen-bond donors (Lipinski definition) is 2. The van der Waals surface area contributed by atoms with Gasteiger partial charge in [0.2, 0.25) is 0 Å². The van der Waals surface area contributed by atoms with Gasteiger partial charge in [-0.2, -0.15) is 8.78 Å². The van der Waals surface area contributed by atoms with Gasteiger partial charge in [-0.1, -0.05) is 0 Å². The average molecular weight is 422 g/mol. The van der Waals surface area contributed by atoms with Crippen LogP contribution < -0.4 is 10.1 Å². The number of amides is 3. The van der Waals surface area contributed by atoms with Crippen molar-refractivity contribution in [3.8, 4) is 5.75 Å². The second-order valence-electron chi connectivity index (χ2n) is 7.69. The maximum Gasteiger partial charge on any atom is 0.387 e. The largest absolute Gasteiger partial charge is 0.435 e. The molecule has 0 saturated carbocycles. The van der Waals surface area contributed by atoms with E-state index in [0.717, 1.165) is 22.2 Å². The molecule has 30 heavy (non-hydrogen) atoms. The zero-order chi connectivity index (χ0) is 21.5. The molecule has 2 aliphatic heterocycles. The van der Waals surface area contributed by atoms with Crippen LogP contribution in [-0.2, 0) is 22.5 Å². The zero-order valence-electron chi connectivity index (χ0n) is 16.8. The molecular formula is C20H24F2N4O4.